The minimum absolute atomic E-state index is 0.470. The van der Waals surface area contributed by atoms with Gasteiger partial charge in [-0.25, -0.2) is 4.98 Å². The van der Waals surface area contributed by atoms with Crippen LogP contribution in [0.1, 0.15) is 0 Å². The summed E-state index contributed by atoms with van der Waals surface area (Å²) in [6, 6.07) is 14.0. The van der Waals surface area contributed by atoms with E-state index in [0.29, 0.717) is 11.8 Å². The Bertz CT molecular complexity index is 1340. The lowest BCUT2D eigenvalue weighted by molar-refractivity contribution is 0.312. The zero-order valence-corrected chi connectivity index (χ0v) is 22.8. The molecule has 12 heteroatoms. The highest BCUT2D eigenvalue weighted by Gasteiger charge is 2.19. The summed E-state index contributed by atoms with van der Waals surface area (Å²) in [5, 5.41) is 16.5. The van der Waals surface area contributed by atoms with Crippen molar-refractivity contribution in [2.45, 2.75) is 0 Å². The number of hydrogen-bond acceptors (Lipinski definition) is 9. The summed E-state index contributed by atoms with van der Waals surface area (Å²) in [4.78, 5) is 13.8. The van der Waals surface area contributed by atoms with Gasteiger partial charge in [-0.3, -0.25) is 5.10 Å². The predicted molar refractivity (Wildman–Crippen MR) is 149 cm³/mol. The first-order valence-corrected chi connectivity index (χ1v) is 13.5. The van der Waals surface area contributed by atoms with E-state index in [2.05, 4.69) is 69.6 Å². The van der Waals surface area contributed by atoms with Gasteiger partial charge in [0.1, 0.15) is 5.82 Å². The van der Waals surface area contributed by atoms with Crippen LogP contribution in [0.2, 0.25) is 0 Å². The molecule has 36 heavy (non-hydrogen) atoms. The number of H-pyrrole nitrogens is 1. The zero-order chi connectivity index (χ0) is 25.1. The average molecular weight is 571 g/mol. The second-order valence-corrected chi connectivity index (χ2v) is 11.0. The number of aromatic nitrogens is 4. The number of aromatic amines is 1. The molecule has 1 aliphatic heterocycles. The van der Waals surface area contributed by atoms with Crippen molar-refractivity contribution >= 4 is 69.5 Å². The second kappa shape index (κ2) is 11.1. The molecule has 0 amide bonds. The Balaban J connectivity index is 1.35. The summed E-state index contributed by atoms with van der Waals surface area (Å²) < 4.78 is 11.8. The second-order valence-electron chi connectivity index (χ2n) is 8.38. The summed E-state index contributed by atoms with van der Waals surface area (Å²) in [7, 11) is 4.23. The molecule has 188 valence electrons. The fraction of sp³-hybridized carbons (Fsp3) is 0.292. The van der Waals surface area contributed by atoms with E-state index in [9.17, 15) is 0 Å². The van der Waals surface area contributed by atoms with Gasteiger partial charge in [0.05, 0.1) is 21.0 Å². The monoisotopic (exact) mass is 570 g/mol. The molecule has 1 saturated heterocycles. The van der Waals surface area contributed by atoms with Crippen molar-refractivity contribution in [1.82, 2.24) is 25.1 Å². The molecule has 5 rings (SSSR count). The maximum atomic E-state index is 5.51. The van der Waals surface area contributed by atoms with E-state index < -0.39 is 8.38 Å². The van der Waals surface area contributed by atoms with Crippen molar-refractivity contribution in [2.24, 2.45) is 0 Å². The van der Waals surface area contributed by atoms with Crippen molar-refractivity contribution in [1.29, 1.82) is 0 Å². The fourth-order valence-electron chi connectivity index (χ4n) is 4.12. The summed E-state index contributed by atoms with van der Waals surface area (Å²) in [6.45, 7) is 4.01. The molecule has 0 atom stereocenters. The van der Waals surface area contributed by atoms with Crippen LogP contribution in [-0.4, -0.2) is 72.5 Å². The molecule has 2 aromatic carbocycles. The van der Waals surface area contributed by atoms with Crippen LogP contribution >= 0.6 is 24.3 Å². The molecule has 3 heterocycles. The number of halogens is 1. The van der Waals surface area contributed by atoms with Crippen LogP contribution in [-0.2, 0) is 9.05 Å². The number of fused-ring (bicyclic) bond motifs is 1. The maximum Gasteiger partial charge on any atom is 0.229 e. The molecule has 0 aliphatic carbocycles. The average Bonchev–Trinajstić information content (AvgIpc) is 3.31. The largest absolute Gasteiger partial charge is 0.352 e. The molecular weight excluding hydrogens is 543 g/mol. The van der Waals surface area contributed by atoms with E-state index in [4.69, 9.17) is 9.05 Å². The molecule has 0 saturated carbocycles. The highest BCUT2D eigenvalue weighted by Crippen LogP contribution is 2.38. The minimum atomic E-state index is -1.20. The lowest BCUT2D eigenvalue weighted by Gasteiger charge is -2.32. The smallest absolute Gasteiger partial charge is 0.229 e. The topological polar surface area (TPSA) is 103 Å². The quantitative estimate of drug-likeness (QED) is 0.262. The number of piperazine rings is 1. The normalized spacial score (nSPS) is 14.5. The zero-order valence-electron chi connectivity index (χ0n) is 20.3. The number of nitrogens with one attached hydrogen (secondary N) is 3. The van der Waals surface area contributed by atoms with Crippen molar-refractivity contribution in [2.75, 3.05) is 63.0 Å². The number of para-hydroxylation sites is 1. The maximum absolute atomic E-state index is 5.51. The molecule has 0 radical (unpaired) electrons. The van der Waals surface area contributed by atoms with Gasteiger partial charge in [-0.15, -0.1) is 0 Å². The first-order chi connectivity index (χ1) is 17.6. The van der Waals surface area contributed by atoms with Gasteiger partial charge in [0.2, 0.25) is 14.3 Å². The minimum Gasteiger partial charge on any atom is -0.352 e. The van der Waals surface area contributed by atoms with Gasteiger partial charge in [0, 0.05) is 57.7 Å². The van der Waals surface area contributed by atoms with Gasteiger partial charge in [-0.2, -0.15) is 10.1 Å². The molecule has 2 aromatic heterocycles. The van der Waals surface area contributed by atoms with E-state index in [1.54, 1.807) is 20.4 Å². The molecular formula is C24H28BrN8O2P. The lowest BCUT2D eigenvalue weighted by atomic mass is 10.2. The third kappa shape index (κ3) is 5.30. The number of nitrogens with zero attached hydrogens (tertiary/aromatic N) is 5. The third-order valence-corrected chi connectivity index (χ3v) is 8.06. The van der Waals surface area contributed by atoms with Crippen LogP contribution < -0.4 is 20.8 Å². The Morgan fingerprint density at radius 2 is 1.81 bits per heavy atom. The number of rotatable bonds is 8. The number of benzene rings is 2. The first-order valence-electron chi connectivity index (χ1n) is 11.5. The van der Waals surface area contributed by atoms with Crippen LogP contribution in [0.3, 0.4) is 0 Å². The third-order valence-electron chi connectivity index (χ3n) is 6.03. The van der Waals surface area contributed by atoms with Crippen LogP contribution in [0.4, 0.5) is 29.0 Å². The van der Waals surface area contributed by atoms with Crippen LogP contribution in [0, 0.1) is 0 Å². The molecule has 1 fully saturated rings. The van der Waals surface area contributed by atoms with E-state index >= 15 is 0 Å². The molecule has 1 aliphatic rings. The van der Waals surface area contributed by atoms with Crippen LogP contribution in [0.5, 0.6) is 0 Å². The number of anilines is 5. The van der Waals surface area contributed by atoms with Crippen molar-refractivity contribution in [3.63, 3.8) is 0 Å². The summed E-state index contributed by atoms with van der Waals surface area (Å²) in [5.74, 6) is 2.10. The molecule has 0 unspecified atom stereocenters. The first kappa shape index (κ1) is 24.9. The SMILES string of the molecule is COP(OC)c1ccccc1Nc1nc(Nc2ccc3c(N4CCN(C)CC4)n[nH]c3c2)ncc1Br. The molecule has 0 bridgehead atoms. The highest BCUT2D eigenvalue weighted by molar-refractivity contribution is 9.10. The Morgan fingerprint density at radius 1 is 1.03 bits per heavy atom. The van der Waals surface area contributed by atoms with Crippen LogP contribution in [0.25, 0.3) is 10.9 Å². The molecule has 10 nitrogen and oxygen atoms in total. The lowest BCUT2D eigenvalue weighted by Crippen LogP contribution is -2.44. The van der Waals surface area contributed by atoms with Gasteiger partial charge in [0.15, 0.2) is 5.82 Å². The van der Waals surface area contributed by atoms with Gasteiger partial charge in [-0.05, 0) is 53.3 Å². The molecule has 4 aromatic rings. The van der Waals surface area contributed by atoms with Crippen molar-refractivity contribution < 1.29 is 9.05 Å². The Labute approximate surface area is 219 Å². The Hall–Kier alpha value is -2.82. The summed E-state index contributed by atoms with van der Waals surface area (Å²) >= 11 is 3.55. The van der Waals surface area contributed by atoms with E-state index in [1.165, 1.54) is 0 Å². The Morgan fingerprint density at radius 3 is 2.58 bits per heavy atom. The van der Waals surface area contributed by atoms with E-state index in [1.807, 2.05) is 36.4 Å². The predicted octanol–water partition coefficient (Wildman–Crippen LogP) is 4.58. The fourth-order valence-corrected chi connectivity index (χ4v) is 5.49. The van der Waals surface area contributed by atoms with Gasteiger partial charge >= 0.3 is 0 Å². The van der Waals surface area contributed by atoms with E-state index in [-0.39, 0.29) is 0 Å². The number of likely N-dealkylation sites (N-methyl/N-ethyl adjacent to an activating group) is 1. The van der Waals surface area contributed by atoms with Crippen molar-refractivity contribution in [3.05, 3.63) is 53.1 Å². The summed E-state index contributed by atoms with van der Waals surface area (Å²) in [6.07, 6.45) is 1.72. The van der Waals surface area contributed by atoms with Crippen LogP contribution in [0.15, 0.2) is 53.1 Å². The van der Waals surface area contributed by atoms with Gasteiger partial charge in [0.25, 0.3) is 0 Å². The summed E-state index contributed by atoms with van der Waals surface area (Å²) in [5.41, 5.74) is 2.69. The Kier molecular flexibility index (Phi) is 7.64. The molecule has 0 spiro atoms. The molecule has 3 N–H and O–H groups in total. The highest BCUT2D eigenvalue weighted by atomic mass is 79.9. The van der Waals surface area contributed by atoms with Crippen molar-refractivity contribution in [3.8, 4) is 0 Å². The van der Waals surface area contributed by atoms with E-state index in [0.717, 1.165) is 64.1 Å². The van der Waals surface area contributed by atoms with Gasteiger partial charge in [-0.1, -0.05) is 12.1 Å². The van der Waals surface area contributed by atoms with Gasteiger partial charge < -0.3 is 29.5 Å². The standard InChI is InChI=1S/C24H28BrN8O2P/c1-32-10-12-33(13-11-32)23-17-9-8-16(14-20(17)30-31-23)27-24-26-15-18(25)22(29-24)28-19-6-4-5-7-21(19)36(34-2)35-3/h4-9,14-15H,10-13H2,1-3H3,(H,30,31)(H2,26,27,28,29). The number of hydrogen-bond donors (Lipinski definition) is 3.